The molecule has 3 N–H and O–H groups in total. The zero-order chi connectivity index (χ0) is 26.3. The molecular formula is C25H24F4N4O2S. The molecule has 2 aromatic carbocycles. The topological polar surface area (TPSA) is 90.1 Å². The first-order valence-electron chi connectivity index (χ1n) is 10.9. The Morgan fingerprint density at radius 3 is 2.47 bits per heavy atom. The third-order valence-electron chi connectivity index (χ3n) is 5.16. The van der Waals surface area contributed by atoms with Crippen LogP contribution in [0.3, 0.4) is 0 Å². The molecule has 0 spiro atoms. The Kier molecular flexibility index (Phi) is 8.94. The molecule has 0 aliphatic carbocycles. The zero-order valence-electron chi connectivity index (χ0n) is 19.5. The number of alkyl halides is 3. The number of fused-ring (bicyclic) bond motifs is 1. The Labute approximate surface area is 209 Å². The standard InChI is InChI=1S/C24H19F4N3O2S.CH5N/c1-33-22(32)20-21(15-6-7-16-13-30-19(25)12-17(16)11-15)34-23(31-20)29-10-2-3-14-4-8-18(9-5-14)24(26,27)28;1-2/h4-9,11-13H,2-3,10H2,1H3,(H,29,31);2H2,1H3. The van der Waals surface area contributed by atoms with Crippen LogP contribution in [0, 0.1) is 5.95 Å². The van der Waals surface area contributed by atoms with E-state index in [0.29, 0.717) is 40.3 Å². The summed E-state index contributed by atoms with van der Waals surface area (Å²) < 4.78 is 56.5. The quantitative estimate of drug-likeness (QED) is 0.136. The average molecular weight is 521 g/mol. The maximum atomic E-state index is 13.5. The van der Waals surface area contributed by atoms with Gasteiger partial charge in [0.15, 0.2) is 10.8 Å². The van der Waals surface area contributed by atoms with Crippen LogP contribution in [0.15, 0.2) is 54.7 Å². The predicted molar refractivity (Wildman–Crippen MR) is 133 cm³/mol. The van der Waals surface area contributed by atoms with E-state index in [1.807, 2.05) is 0 Å². The van der Waals surface area contributed by atoms with E-state index in [0.717, 1.165) is 23.1 Å². The maximum absolute atomic E-state index is 13.5. The lowest BCUT2D eigenvalue weighted by Gasteiger charge is -2.07. The molecule has 0 fully saturated rings. The molecule has 0 bridgehead atoms. The monoisotopic (exact) mass is 520 g/mol. The summed E-state index contributed by atoms with van der Waals surface area (Å²) in [5.41, 5.74) is 5.45. The highest BCUT2D eigenvalue weighted by atomic mass is 32.1. The minimum absolute atomic E-state index is 0.145. The van der Waals surface area contributed by atoms with Crippen LogP contribution in [0.2, 0.25) is 0 Å². The third-order valence-corrected chi connectivity index (χ3v) is 6.22. The molecule has 0 amide bonds. The van der Waals surface area contributed by atoms with Gasteiger partial charge in [0.2, 0.25) is 5.95 Å². The number of anilines is 1. The van der Waals surface area contributed by atoms with Crippen molar-refractivity contribution in [3.63, 3.8) is 0 Å². The number of carbonyl (C=O) groups excluding carboxylic acids is 1. The summed E-state index contributed by atoms with van der Waals surface area (Å²) in [6.45, 7) is 0.503. The number of benzene rings is 2. The SMILES string of the molecule is CN.COC(=O)c1nc(NCCCc2ccc(C(F)(F)F)cc2)sc1-c1ccc2cnc(F)cc2c1. The molecule has 0 aliphatic heterocycles. The van der Waals surface area contributed by atoms with Gasteiger partial charge in [-0.3, -0.25) is 0 Å². The van der Waals surface area contributed by atoms with Crippen LogP contribution in [-0.2, 0) is 17.3 Å². The fourth-order valence-electron chi connectivity index (χ4n) is 3.43. The van der Waals surface area contributed by atoms with Crippen LogP contribution in [0.25, 0.3) is 21.2 Å². The third kappa shape index (κ3) is 6.55. The number of ether oxygens (including phenoxy) is 1. The van der Waals surface area contributed by atoms with Crippen molar-refractivity contribution in [3.8, 4) is 10.4 Å². The van der Waals surface area contributed by atoms with Crippen LogP contribution in [0.5, 0.6) is 0 Å². The maximum Gasteiger partial charge on any atom is 0.416 e. The number of esters is 1. The van der Waals surface area contributed by atoms with Gasteiger partial charge in [0.25, 0.3) is 0 Å². The van der Waals surface area contributed by atoms with Gasteiger partial charge in [-0.1, -0.05) is 35.6 Å². The van der Waals surface area contributed by atoms with E-state index < -0.39 is 23.7 Å². The van der Waals surface area contributed by atoms with Gasteiger partial charge in [0.1, 0.15) is 0 Å². The molecule has 11 heteroatoms. The highest BCUT2D eigenvalue weighted by Crippen LogP contribution is 2.35. The Bertz CT molecular complexity index is 1320. The number of carbonyl (C=O) groups is 1. The fraction of sp³-hybridized carbons (Fsp3) is 0.240. The average Bonchev–Trinajstić information content (AvgIpc) is 3.31. The Morgan fingerprint density at radius 2 is 1.81 bits per heavy atom. The summed E-state index contributed by atoms with van der Waals surface area (Å²) in [4.78, 5) is 20.9. The number of nitrogens with zero attached hydrogens (tertiary/aromatic N) is 2. The number of rotatable bonds is 7. The summed E-state index contributed by atoms with van der Waals surface area (Å²) in [6.07, 6.45) is -1.68. The molecule has 2 heterocycles. The first kappa shape index (κ1) is 27.0. The highest BCUT2D eigenvalue weighted by molar-refractivity contribution is 7.19. The van der Waals surface area contributed by atoms with Crippen LogP contribution < -0.4 is 11.1 Å². The van der Waals surface area contributed by atoms with E-state index in [-0.39, 0.29) is 5.69 Å². The molecule has 6 nitrogen and oxygen atoms in total. The van der Waals surface area contributed by atoms with Crippen molar-refractivity contribution in [2.45, 2.75) is 19.0 Å². The number of halogens is 4. The molecule has 0 radical (unpaired) electrons. The first-order valence-corrected chi connectivity index (χ1v) is 11.7. The minimum Gasteiger partial charge on any atom is -0.464 e. The van der Waals surface area contributed by atoms with Crippen LogP contribution in [-0.4, -0.2) is 36.6 Å². The first-order chi connectivity index (χ1) is 17.2. The fourth-order valence-corrected chi connectivity index (χ4v) is 4.40. The number of nitrogens with one attached hydrogen (secondary N) is 1. The second-order valence-electron chi connectivity index (χ2n) is 7.48. The number of hydrogen-bond donors (Lipinski definition) is 2. The predicted octanol–water partition coefficient (Wildman–Crippen LogP) is 5.92. The van der Waals surface area contributed by atoms with Crippen molar-refractivity contribution in [1.29, 1.82) is 0 Å². The molecule has 2 aromatic heterocycles. The van der Waals surface area contributed by atoms with E-state index >= 15 is 0 Å². The molecule has 4 rings (SSSR count). The summed E-state index contributed by atoms with van der Waals surface area (Å²) in [6, 6.07) is 11.8. The van der Waals surface area contributed by atoms with Crippen molar-refractivity contribution in [2.24, 2.45) is 5.73 Å². The zero-order valence-corrected chi connectivity index (χ0v) is 20.3. The molecule has 0 unspecified atom stereocenters. The number of thiazole rings is 1. The summed E-state index contributed by atoms with van der Waals surface area (Å²) in [7, 11) is 2.77. The second kappa shape index (κ2) is 11.9. The largest absolute Gasteiger partial charge is 0.464 e. The van der Waals surface area contributed by atoms with Gasteiger partial charge in [-0.15, -0.1) is 0 Å². The molecule has 0 saturated heterocycles. The molecule has 190 valence electrons. The van der Waals surface area contributed by atoms with Crippen molar-refractivity contribution < 1.29 is 27.1 Å². The van der Waals surface area contributed by atoms with Gasteiger partial charge >= 0.3 is 12.1 Å². The lowest BCUT2D eigenvalue weighted by Crippen LogP contribution is -2.06. The van der Waals surface area contributed by atoms with Gasteiger partial charge in [0.05, 0.1) is 17.6 Å². The summed E-state index contributed by atoms with van der Waals surface area (Å²) in [5, 5.41) is 5.06. The number of hydrogen-bond acceptors (Lipinski definition) is 7. The number of pyridine rings is 1. The molecule has 0 atom stereocenters. The minimum atomic E-state index is -4.35. The second-order valence-corrected chi connectivity index (χ2v) is 8.48. The van der Waals surface area contributed by atoms with Gasteiger partial charge in [-0.25, -0.2) is 14.8 Å². The van der Waals surface area contributed by atoms with E-state index in [9.17, 15) is 22.4 Å². The van der Waals surface area contributed by atoms with Crippen LogP contribution in [0.1, 0.15) is 28.0 Å². The van der Waals surface area contributed by atoms with E-state index in [4.69, 9.17) is 4.74 Å². The molecule has 0 aliphatic rings. The molecule has 0 saturated carbocycles. The molecule has 36 heavy (non-hydrogen) atoms. The Hall–Kier alpha value is -3.57. The smallest absolute Gasteiger partial charge is 0.416 e. The normalized spacial score (nSPS) is 11.1. The van der Waals surface area contributed by atoms with Crippen LogP contribution >= 0.6 is 11.3 Å². The number of methoxy groups -OCH3 is 1. The molecule has 4 aromatic rings. The van der Waals surface area contributed by atoms with E-state index in [1.54, 1.807) is 18.2 Å². The Morgan fingerprint density at radius 1 is 1.08 bits per heavy atom. The highest BCUT2D eigenvalue weighted by Gasteiger charge is 2.29. The van der Waals surface area contributed by atoms with Crippen molar-refractivity contribution in [1.82, 2.24) is 9.97 Å². The number of aromatic nitrogens is 2. The van der Waals surface area contributed by atoms with Gasteiger partial charge in [-0.2, -0.15) is 17.6 Å². The van der Waals surface area contributed by atoms with Crippen LogP contribution in [0.4, 0.5) is 22.7 Å². The van der Waals surface area contributed by atoms with E-state index in [2.05, 4.69) is 21.0 Å². The summed E-state index contributed by atoms with van der Waals surface area (Å²) >= 11 is 1.26. The number of nitrogens with two attached hydrogens (primary N) is 1. The van der Waals surface area contributed by atoms with Crippen molar-refractivity contribution in [3.05, 3.63) is 77.5 Å². The van der Waals surface area contributed by atoms with Crippen molar-refractivity contribution >= 4 is 33.2 Å². The molecular weight excluding hydrogens is 496 g/mol. The van der Waals surface area contributed by atoms with E-state index in [1.165, 1.54) is 49.9 Å². The van der Waals surface area contributed by atoms with Gasteiger partial charge < -0.3 is 15.8 Å². The summed E-state index contributed by atoms with van der Waals surface area (Å²) in [5.74, 6) is -1.19. The van der Waals surface area contributed by atoms with Crippen molar-refractivity contribution in [2.75, 3.05) is 26.0 Å². The van der Waals surface area contributed by atoms with Gasteiger partial charge in [0, 0.05) is 24.2 Å². The number of aryl methyl sites for hydroxylation is 1. The van der Waals surface area contributed by atoms with Gasteiger partial charge in [-0.05, 0) is 54.6 Å². The lowest BCUT2D eigenvalue weighted by atomic mass is 10.1. The Balaban J connectivity index is 0.00000176. The lowest BCUT2D eigenvalue weighted by molar-refractivity contribution is -0.137.